The lowest BCUT2D eigenvalue weighted by molar-refractivity contribution is -0.115. The standard InChI is InChI=1S/C14H16N2O2/c1-10-7-11(9-15-10)8-14(17)16-12-5-3-4-6-13(12)18-2/h3-7,9,15H,8H2,1-2H3,(H,16,17). The number of carbonyl (C=O) groups excluding carboxylic acids is 1. The molecule has 1 heterocycles. The first-order valence-electron chi connectivity index (χ1n) is 5.76. The number of ether oxygens (including phenoxy) is 1. The van der Waals surface area contributed by atoms with Crippen molar-refractivity contribution in [3.8, 4) is 5.75 Å². The molecule has 18 heavy (non-hydrogen) atoms. The van der Waals surface area contributed by atoms with Crippen LogP contribution >= 0.6 is 0 Å². The molecule has 2 N–H and O–H groups in total. The summed E-state index contributed by atoms with van der Waals surface area (Å²) in [5.74, 6) is 0.606. The van der Waals surface area contributed by atoms with Crippen LogP contribution in [-0.2, 0) is 11.2 Å². The number of hydrogen-bond acceptors (Lipinski definition) is 2. The van der Waals surface area contributed by atoms with Gasteiger partial charge in [0, 0.05) is 11.9 Å². The van der Waals surface area contributed by atoms with Crippen molar-refractivity contribution in [2.45, 2.75) is 13.3 Å². The van der Waals surface area contributed by atoms with Crippen molar-refractivity contribution in [2.75, 3.05) is 12.4 Å². The van der Waals surface area contributed by atoms with E-state index in [1.165, 1.54) is 0 Å². The number of hydrogen-bond donors (Lipinski definition) is 2. The van der Waals surface area contributed by atoms with Crippen LogP contribution in [-0.4, -0.2) is 18.0 Å². The highest BCUT2D eigenvalue weighted by Gasteiger charge is 2.08. The van der Waals surface area contributed by atoms with Crippen LogP contribution < -0.4 is 10.1 Å². The van der Waals surface area contributed by atoms with E-state index in [0.29, 0.717) is 17.9 Å². The summed E-state index contributed by atoms with van der Waals surface area (Å²) in [6.45, 7) is 1.96. The lowest BCUT2D eigenvalue weighted by atomic mass is 10.2. The Labute approximate surface area is 106 Å². The van der Waals surface area contributed by atoms with E-state index in [-0.39, 0.29) is 5.91 Å². The number of rotatable bonds is 4. The fourth-order valence-corrected chi connectivity index (χ4v) is 1.80. The van der Waals surface area contributed by atoms with Crippen LogP contribution in [0.5, 0.6) is 5.75 Å². The third-order valence-electron chi connectivity index (χ3n) is 2.63. The zero-order valence-electron chi connectivity index (χ0n) is 10.5. The molecular weight excluding hydrogens is 228 g/mol. The smallest absolute Gasteiger partial charge is 0.228 e. The lowest BCUT2D eigenvalue weighted by Crippen LogP contribution is -2.14. The quantitative estimate of drug-likeness (QED) is 0.868. The van der Waals surface area contributed by atoms with Gasteiger partial charge in [-0.2, -0.15) is 0 Å². The summed E-state index contributed by atoms with van der Waals surface area (Å²) in [6.07, 6.45) is 2.19. The molecule has 0 spiro atoms. The van der Waals surface area contributed by atoms with E-state index < -0.39 is 0 Å². The van der Waals surface area contributed by atoms with Crippen LogP contribution in [0.4, 0.5) is 5.69 Å². The Morgan fingerprint density at radius 3 is 2.83 bits per heavy atom. The molecular formula is C14H16N2O2. The van der Waals surface area contributed by atoms with Gasteiger partial charge in [0.15, 0.2) is 0 Å². The molecule has 94 valence electrons. The summed E-state index contributed by atoms with van der Waals surface area (Å²) < 4.78 is 5.18. The Morgan fingerprint density at radius 2 is 2.17 bits per heavy atom. The largest absolute Gasteiger partial charge is 0.495 e. The van der Waals surface area contributed by atoms with Crippen LogP contribution in [0, 0.1) is 6.92 Å². The number of carbonyl (C=O) groups is 1. The molecule has 0 bridgehead atoms. The predicted molar refractivity (Wildman–Crippen MR) is 70.9 cm³/mol. The van der Waals surface area contributed by atoms with Crippen LogP contribution in [0.15, 0.2) is 36.5 Å². The van der Waals surface area contributed by atoms with E-state index in [1.54, 1.807) is 7.11 Å². The number of para-hydroxylation sites is 2. The van der Waals surface area contributed by atoms with E-state index in [2.05, 4.69) is 10.3 Å². The van der Waals surface area contributed by atoms with Crippen LogP contribution in [0.2, 0.25) is 0 Å². The minimum absolute atomic E-state index is 0.0569. The first-order valence-corrected chi connectivity index (χ1v) is 5.76. The first-order chi connectivity index (χ1) is 8.69. The van der Waals surface area contributed by atoms with Gasteiger partial charge in [-0.05, 0) is 30.7 Å². The Kier molecular flexibility index (Phi) is 3.67. The Hall–Kier alpha value is -2.23. The molecule has 1 aromatic carbocycles. The normalized spacial score (nSPS) is 10.1. The van der Waals surface area contributed by atoms with Crippen molar-refractivity contribution < 1.29 is 9.53 Å². The molecule has 1 aromatic heterocycles. The lowest BCUT2D eigenvalue weighted by Gasteiger charge is -2.09. The number of aromatic nitrogens is 1. The zero-order valence-corrected chi connectivity index (χ0v) is 10.5. The Morgan fingerprint density at radius 1 is 1.39 bits per heavy atom. The fourth-order valence-electron chi connectivity index (χ4n) is 1.80. The molecule has 2 rings (SSSR count). The van der Waals surface area contributed by atoms with Gasteiger partial charge in [0.1, 0.15) is 5.75 Å². The highest BCUT2D eigenvalue weighted by molar-refractivity contribution is 5.93. The Balaban J connectivity index is 2.03. The van der Waals surface area contributed by atoms with E-state index in [0.717, 1.165) is 11.3 Å². The number of amides is 1. The van der Waals surface area contributed by atoms with Gasteiger partial charge in [0.05, 0.1) is 19.2 Å². The minimum Gasteiger partial charge on any atom is -0.495 e. The van der Waals surface area contributed by atoms with Crippen molar-refractivity contribution >= 4 is 11.6 Å². The highest BCUT2D eigenvalue weighted by atomic mass is 16.5. The number of benzene rings is 1. The zero-order chi connectivity index (χ0) is 13.0. The summed E-state index contributed by atoms with van der Waals surface area (Å²) in [5, 5.41) is 2.84. The maximum Gasteiger partial charge on any atom is 0.228 e. The van der Waals surface area contributed by atoms with E-state index in [9.17, 15) is 4.79 Å². The fraction of sp³-hybridized carbons (Fsp3) is 0.214. The Bertz CT molecular complexity index is 546. The SMILES string of the molecule is COc1ccccc1NC(=O)Cc1c[nH]c(C)c1. The molecule has 0 unspecified atom stereocenters. The number of aryl methyl sites for hydroxylation is 1. The van der Waals surface area contributed by atoms with Gasteiger partial charge in [-0.25, -0.2) is 0 Å². The molecule has 0 atom stereocenters. The third kappa shape index (κ3) is 2.91. The van der Waals surface area contributed by atoms with Gasteiger partial charge in [0.25, 0.3) is 0 Å². The second-order valence-electron chi connectivity index (χ2n) is 4.12. The molecule has 4 heteroatoms. The molecule has 0 radical (unpaired) electrons. The van der Waals surface area contributed by atoms with Crippen LogP contribution in [0.25, 0.3) is 0 Å². The second-order valence-corrected chi connectivity index (χ2v) is 4.12. The molecule has 0 aliphatic heterocycles. The van der Waals surface area contributed by atoms with Gasteiger partial charge < -0.3 is 15.0 Å². The van der Waals surface area contributed by atoms with Crippen molar-refractivity contribution in [3.63, 3.8) is 0 Å². The van der Waals surface area contributed by atoms with Crippen molar-refractivity contribution in [2.24, 2.45) is 0 Å². The molecule has 0 aliphatic rings. The average Bonchev–Trinajstić information content (AvgIpc) is 2.75. The maximum absolute atomic E-state index is 11.9. The van der Waals surface area contributed by atoms with Crippen molar-refractivity contribution in [1.29, 1.82) is 0 Å². The number of nitrogens with one attached hydrogen (secondary N) is 2. The first kappa shape index (κ1) is 12.2. The summed E-state index contributed by atoms with van der Waals surface area (Å²) in [7, 11) is 1.58. The van der Waals surface area contributed by atoms with E-state index in [4.69, 9.17) is 4.74 Å². The molecule has 4 nitrogen and oxygen atoms in total. The second kappa shape index (κ2) is 5.40. The molecule has 0 saturated heterocycles. The summed E-state index contributed by atoms with van der Waals surface area (Å²) in [4.78, 5) is 14.9. The van der Waals surface area contributed by atoms with Gasteiger partial charge in [-0.1, -0.05) is 12.1 Å². The summed E-state index contributed by atoms with van der Waals surface area (Å²) >= 11 is 0. The van der Waals surface area contributed by atoms with Gasteiger partial charge in [-0.3, -0.25) is 4.79 Å². The molecule has 0 saturated carbocycles. The van der Waals surface area contributed by atoms with Gasteiger partial charge in [0.2, 0.25) is 5.91 Å². The molecule has 1 amide bonds. The monoisotopic (exact) mass is 244 g/mol. The van der Waals surface area contributed by atoms with Crippen molar-refractivity contribution in [3.05, 3.63) is 47.8 Å². The summed E-state index contributed by atoms with van der Waals surface area (Å²) in [5.41, 5.74) is 2.72. The van der Waals surface area contributed by atoms with Gasteiger partial charge >= 0.3 is 0 Å². The molecule has 0 aliphatic carbocycles. The van der Waals surface area contributed by atoms with Crippen molar-refractivity contribution in [1.82, 2.24) is 4.98 Å². The molecule has 0 fully saturated rings. The summed E-state index contributed by atoms with van der Waals surface area (Å²) in [6, 6.07) is 9.32. The minimum atomic E-state index is -0.0569. The van der Waals surface area contributed by atoms with Crippen LogP contribution in [0.1, 0.15) is 11.3 Å². The highest BCUT2D eigenvalue weighted by Crippen LogP contribution is 2.23. The van der Waals surface area contributed by atoms with Crippen LogP contribution in [0.3, 0.4) is 0 Å². The predicted octanol–water partition coefficient (Wildman–Crippen LogP) is 2.51. The van der Waals surface area contributed by atoms with E-state index >= 15 is 0 Å². The number of H-pyrrole nitrogens is 1. The number of aromatic amines is 1. The topological polar surface area (TPSA) is 54.1 Å². The van der Waals surface area contributed by atoms with E-state index in [1.807, 2.05) is 43.5 Å². The number of methoxy groups -OCH3 is 1. The average molecular weight is 244 g/mol. The molecule has 2 aromatic rings. The third-order valence-corrected chi connectivity index (χ3v) is 2.63. The van der Waals surface area contributed by atoms with Gasteiger partial charge in [-0.15, -0.1) is 0 Å². The maximum atomic E-state index is 11.9. The number of anilines is 1.